The van der Waals surface area contributed by atoms with Gasteiger partial charge in [0.25, 0.3) is 0 Å². The van der Waals surface area contributed by atoms with Crippen molar-refractivity contribution in [2.24, 2.45) is 15.5 Å². The van der Waals surface area contributed by atoms with Crippen LogP contribution >= 0.6 is 35.3 Å². The fraction of sp³-hybridized carbons (Fsp3) is 0.688. The molecule has 0 spiro atoms. The summed E-state index contributed by atoms with van der Waals surface area (Å²) in [6.07, 6.45) is 2.19. The Morgan fingerprint density at radius 1 is 1.36 bits per heavy atom. The minimum Gasteiger partial charge on any atom is -0.357 e. The molecule has 0 bridgehead atoms. The van der Waals surface area contributed by atoms with Crippen molar-refractivity contribution in [3.05, 3.63) is 17.0 Å². The zero-order valence-corrected chi connectivity index (χ0v) is 19.6. The molecule has 1 rings (SSSR count). The zero-order valence-electron chi connectivity index (χ0n) is 15.6. The molecule has 146 valence electrons. The summed E-state index contributed by atoms with van der Waals surface area (Å²) in [6.45, 7) is 12.0. The smallest absolute Gasteiger partial charge is 0.247 e. The molecule has 25 heavy (non-hydrogen) atoms. The second-order valence-electron chi connectivity index (χ2n) is 7.11. The standard InChI is InChI=1S/C16H30N4O2S2.HI/c1-6-18-15(20-12(2)9-10-16(3,4)5)19-11-13-7-8-14(23-13)24(17,21)22;/h7-8,12H,6,9-11H2,1-5H3,(H2,17,21,22)(H2,18,19,20);1H. The molecule has 1 aromatic heterocycles. The van der Waals surface area contributed by atoms with E-state index in [4.69, 9.17) is 5.14 Å². The Labute approximate surface area is 173 Å². The van der Waals surface area contributed by atoms with Gasteiger partial charge in [-0.1, -0.05) is 20.8 Å². The first-order valence-electron chi connectivity index (χ1n) is 8.17. The highest BCUT2D eigenvalue weighted by Gasteiger charge is 2.14. The van der Waals surface area contributed by atoms with E-state index in [1.807, 2.05) is 6.92 Å². The van der Waals surface area contributed by atoms with Crippen molar-refractivity contribution in [1.29, 1.82) is 0 Å². The molecule has 0 radical (unpaired) electrons. The number of aliphatic imine (C=N–C) groups is 1. The van der Waals surface area contributed by atoms with E-state index in [1.54, 1.807) is 6.07 Å². The maximum absolute atomic E-state index is 11.3. The number of guanidine groups is 1. The van der Waals surface area contributed by atoms with Crippen LogP contribution in [0.2, 0.25) is 0 Å². The Morgan fingerprint density at radius 3 is 2.48 bits per heavy atom. The summed E-state index contributed by atoms with van der Waals surface area (Å²) in [6, 6.07) is 3.59. The number of nitrogens with one attached hydrogen (secondary N) is 2. The molecule has 9 heteroatoms. The van der Waals surface area contributed by atoms with Gasteiger partial charge < -0.3 is 10.6 Å². The highest BCUT2D eigenvalue weighted by Crippen LogP contribution is 2.22. The van der Waals surface area contributed by atoms with Gasteiger partial charge in [-0.15, -0.1) is 35.3 Å². The average molecular weight is 502 g/mol. The summed E-state index contributed by atoms with van der Waals surface area (Å²) in [5.74, 6) is 0.740. The Balaban J connectivity index is 0.00000576. The molecule has 0 amide bonds. The van der Waals surface area contributed by atoms with Crippen LogP contribution in [0.4, 0.5) is 0 Å². The van der Waals surface area contributed by atoms with E-state index < -0.39 is 10.0 Å². The quantitative estimate of drug-likeness (QED) is 0.303. The summed E-state index contributed by atoms with van der Waals surface area (Å²) in [4.78, 5) is 5.39. The van der Waals surface area contributed by atoms with Crippen molar-refractivity contribution in [3.8, 4) is 0 Å². The molecule has 0 aliphatic carbocycles. The lowest BCUT2D eigenvalue weighted by Crippen LogP contribution is -2.42. The number of halogens is 1. The topological polar surface area (TPSA) is 96.6 Å². The molecule has 0 fully saturated rings. The molecule has 0 saturated carbocycles. The van der Waals surface area contributed by atoms with Gasteiger partial charge in [0.05, 0.1) is 6.54 Å². The number of sulfonamides is 1. The van der Waals surface area contributed by atoms with Crippen molar-refractivity contribution in [2.75, 3.05) is 6.54 Å². The molecule has 1 atom stereocenters. The average Bonchev–Trinajstić information content (AvgIpc) is 2.91. The van der Waals surface area contributed by atoms with Gasteiger partial charge in [-0.3, -0.25) is 0 Å². The first kappa shape index (κ1) is 24.6. The predicted molar refractivity (Wildman–Crippen MR) is 117 cm³/mol. The van der Waals surface area contributed by atoms with E-state index in [1.165, 1.54) is 6.07 Å². The number of nitrogens with zero attached hydrogens (tertiary/aromatic N) is 1. The highest BCUT2D eigenvalue weighted by atomic mass is 127. The lowest BCUT2D eigenvalue weighted by molar-refractivity contribution is 0.346. The number of hydrogen-bond acceptors (Lipinski definition) is 4. The highest BCUT2D eigenvalue weighted by molar-refractivity contribution is 14.0. The molecule has 0 aromatic carbocycles. The van der Waals surface area contributed by atoms with Crippen LogP contribution in [-0.4, -0.2) is 27.0 Å². The second kappa shape index (κ2) is 10.7. The molecule has 1 aromatic rings. The number of nitrogens with two attached hydrogens (primary N) is 1. The summed E-state index contributed by atoms with van der Waals surface area (Å²) in [5, 5.41) is 11.7. The fourth-order valence-corrected chi connectivity index (χ4v) is 3.73. The van der Waals surface area contributed by atoms with Crippen LogP contribution in [0, 0.1) is 5.41 Å². The number of hydrogen-bond donors (Lipinski definition) is 3. The van der Waals surface area contributed by atoms with Gasteiger partial charge in [0.2, 0.25) is 10.0 Å². The third-order valence-corrected chi connectivity index (χ3v) is 5.87. The summed E-state index contributed by atoms with van der Waals surface area (Å²) in [7, 11) is -3.63. The molecule has 0 saturated heterocycles. The zero-order chi connectivity index (χ0) is 18.4. The molecule has 6 nitrogen and oxygen atoms in total. The third kappa shape index (κ3) is 10.4. The Bertz CT molecular complexity index is 651. The van der Waals surface area contributed by atoms with Crippen LogP contribution in [0.5, 0.6) is 0 Å². The minimum atomic E-state index is -3.63. The summed E-state index contributed by atoms with van der Waals surface area (Å²) in [5.41, 5.74) is 0.312. The van der Waals surface area contributed by atoms with Gasteiger partial charge in [-0.2, -0.15) is 0 Å². The number of thiophene rings is 1. The SMILES string of the molecule is CCNC(=NCc1ccc(S(N)(=O)=O)s1)NC(C)CCC(C)(C)C.I. The van der Waals surface area contributed by atoms with Gasteiger partial charge in [-0.05, 0) is 44.2 Å². The van der Waals surface area contributed by atoms with Crippen LogP contribution in [0.15, 0.2) is 21.3 Å². The lowest BCUT2D eigenvalue weighted by Gasteiger charge is -2.23. The van der Waals surface area contributed by atoms with Crippen molar-refractivity contribution in [2.45, 2.75) is 64.3 Å². The van der Waals surface area contributed by atoms with E-state index in [0.29, 0.717) is 18.0 Å². The molecular weight excluding hydrogens is 471 g/mol. The van der Waals surface area contributed by atoms with Crippen LogP contribution in [0.3, 0.4) is 0 Å². The Kier molecular flexibility index (Phi) is 10.5. The van der Waals surface area contributed by atoms with Crippen molar-refractivity contribution >= 4 is 51.3 Å². The van der Waals surface area contributed by atoms with Gasteiger partial charge in [0.1, 0.15) is 4.21 Å². The van der Waals surface area contributed by atoms with Gasteiger partial charge in [0, 0.05) is 17.5 Å². The van der Waals surface area contributed by atoms with Gasteiger partial charge in [-0.25, -0.2) is 18.5 Å². The summed E-state index contributed by atoms with van der Waals surface area (Å²) < 4.78 is 22.8. The first-order chi connectivity index (χ1) is 11.0. The van der Waals surface area contributed by atoms with Crippen LogP contribution in [0.1, 0.15) is 52.3 Å². The van der Waals surface area contributed by atoms with Crippen LogP contribution < -0.4 is 15.8 Å². The molecular formula is C16H31IN4O2S2. The fourth-order valence-electron chi connectivity index (χ4n) is 2.03. The first-order valence-corrected chi connectivity index (χ1v) is 10.5. The normalized spacial score (nSPS) is 13.9. The van der Waals surface area contributed by atoms with E-state index >= 15 is 0 Å². The van der Waals surface area contributed by atoms with E-state index in [-0.39, 0.29) is 28.2 Å². The van der Waals surface area contributed by atoms with E-state index in [2.05, 4.69) is 43.3 Å². The molecule has 4 N–H and O–H groups in total. The maximum atomic E-state index is 11.3. The summed E-state index contributed by atoms with van der Waals surface area (Å²) >= 11 is 1.16. The van der Waals surface area contributed by atoms with Crippen molar-refractivity contribution in [1.82, 2.24) is 10.6 Å². The third-order valence-electron chi connectivity index (χ3n) is 3.37. The predicted octanol–water partition coefficient (Wildman–Crippen LogP) is 3.28. The molecule has 1 unspecified atom stereocenters. The number of rotatable bonds is 7. The maximum Gasteiger partial charge on any atom is 0.247 e. The Morgan fingerprint density at radius 2 is 2.00 bits per heavy atom. The lowest BCUT2D eigenvalue weighted by atomic mass is 9.89. The number of primary sulfonamides is 1. The van der Waals surface area contributed by atoms with E-state index in [9.17, 15) is 8.42 Å². The van der Waals surface area contributed by atoms with Gasteiger partial charge >= 0.3 is 0 Å². The van der Waals surface area contributed by atoms with Gasteiger partial charge in [0.15, 0.2) is 5.96 Å². The van der Waals surface area contributed by atoms with E-state index in [0.717, 1.165) is 41.6 Å². The molecule has 1 heterocycles. The minimum absolute atomic E-state index is 0. The second-order valence-corrected chi connectivity index (χ2v) is 10.1. The Hall–Kier alpha value is -0.390. The van der Waals surface area contributed by atoms with Crippen LogP contribution in [0.25, 0.3) is 0 Å². The molecule has 0 aliphatic rings. The van der Waals surface area contributed by atoms with Crippen molar-refractivity contribution in [3.63, 3.8) is 0 Å². The molecule has 0 aliphatic heterocycles. The monoisotopic (exact) mass is 502 g/mol. The van der Waals surface area contributed by atoms with Crippen molar-refractivity contribution < 1.29 is 8.42 Å². The largest absolute Gasteiger partial charge is 0.357 e. The van der Waals surface area contributed by atoms with Crippen LogP contribution in [-0.2, 0) is 16.6 Å².